The van der Waals surface area contributed by atoms with E-state index in [4.69, 9.17) is 11.6 Å². The number of nitrogens with one attached hydrogen (secondary N) is 2. The third-order valence-corrected chi connectivity index (χ3v) is 4.87. The largest absolute Gasteiger partial charge is 0.380 e. The molecule has 1 saturated carbocycles. The van der Waals surface area contributed by atoms with Gasteiger partial charge in [-0.1, -0.05) is 24.4 Å². The van der Waals surface area contributed by atoms with E-state index >= 15 is 0 Å². The highest BCUT2D eigenvalue weighted by Gasteiger charge is 2.34. The molecule has 1 aliphatic carbocycles. The minimum atomic E-state index is 0.539. The number of rotatable bonds is 3. The predicted molar refractivity (Wildman–Crippen MR) is 79.6 cm³/mol. The normalized spacial score (nSPS) is 31.3. The molecule has 2 N–H and O–H groups in total. The molecule has 0 amide bonds. The zero-order valence-electron chi connectivity index (χ0n) is 11.2. The van der Waals surface area contributed by atoms with Crippen LogP contribution in [0.25, 0.3) is 0 Å². The van der Waals surface area contributed by atoms with Gasteiger partial charge in [0.15, 0.2) is 0 Å². The Labute approximate surface area is 120 Å². The maximum absolute atomic E-state index is 6.22. The minimum Gasteiger partial charge on any atom is -0.380 e. The number of aromatic nitrogens is 1. The topological polar surface area (TPSA) is 37.0 Å². The third-order valence-electron chi connectivity index (χ3n) is 4.54. The van der Waals surface area contributed by atoms with E-state index in [0.29, 0.717) is 12.1 Å². The fourth-order valence-corrected chi connectivity index (χ4v) is 3.74. The van der Waals surface area contributed by atoms with Gasteiger partial charge in [-0.05, 0) is 44.2 Å². The van der Waals surface area contributed by atoms with E-state index in [1.807, 2.05) is 12.3 Å². The average molecular weight is 280 g/mol. The van der Waals surface area contributed by atoms with Crippen molar-refractivity contribution in [1.29, 1.82) is 0 Å². The van der Waals surface area contributed by atoms with Crippen LogP contribution >= 0.6 is 11.6 Å². The summed E-state index contributed by atoms with van der Waals surface area (Å²) in [4.78, 5) is 4.16. The average Bonchev–Trinajstić information content (AvgIpc) is 2.91. The van der Waals surface area contributed by atoms with Gasteiger partial charge in [-0.25, -0.2) is 0 Å². The van der Waals surface area contributed by atoms with Crippen LogP contribution < -0.4 is 10.6 Å². The lowest BCUT2D eigenvalue weighted by atomic mass is 9.88. The molecule has 3 unspecified atom stereocenters. The van der Waals surface area contributed by atoms with E-state index in [1.54, 1.807) is 6.20 Å². The summed E-state index contributed by atoms with van der Waals surface area (Å²) in [6.07, 6.45) is 11.5. The lowest BCUT2D eigenvalue weighted by molar-refractivity contribution is 0.286. The van der Waals surface area contributed by atoms with Crippen molar-refractivity contribution >= 4 is 17.3 Å². The van der Waals surface area contributed by atoms with Crippen molar-refractivity contribution in [1.82, 2.24) is 10.3 Å². The highest BCUT2D eigenvalue weighted by molar-refractivity contribution is 6.33. The van der Waals surface area contributed by atoms with Crippen molar-refractivity contribution in [2.45, 2.75) is 50.6 Å². The molecule has 104 valence electrons. The molecule has 19 heavy (non-hydrogen) atoms. The van der Waals surface area contributed by atoms with Crippen molar-refractivity contribution < 1.29 is 0 Å². The van der Waals surface area contributed by atoms with E-state index in [2.05, 4.69) is 15.6 Å². The highest BCUT2D eigenvalue weighted by atomic mass is 35.5. The van der Waals surface area contributed by atoms with Crippen molar-refractivity contribution in [3.05, 3.63) is 23.5 Å². The second-order valence-corrected chi connectivity index (χ2v) is 6.16. The van der Waals surface area contributed by atoms with E-state index in [1.165, 1.54) is 45.1 Å². The van der Waals surface area contributed by atoms with Gasteiger partial charge >= 0.3 is 0 Å². The maximum Gasteiger partial charge on any atom is 0.0718 e. The molecule has 2 aliphatic rings. The standard InChI is InChI=1S/C15H22ClN3/c16-12-7-9-17-10-15(12)19-14-6-3-4-11(14)13-5-1-2-8-18-13/h7,9-11,13-14,18-19H,1-6,8H2. The van der Waals surface area contributed by atoms with E-state index in [9.17, 15) is 0 Å². The summed E-state index contributed by atoms with van der Waals surface area (Å²) in [6.45, 7) is 1.18. The first kappa shape index (κ1) is 13.2. The molecule has 3 rings (SSSR count). The molecule has 0 aromatic carbocycles. The molecule has 0 radical (unpaired) electrons. The smallest absolute Gasteiger partial charge is 0.0718 e. The van der Waals surface area contributed by atoms with Crippen LogP contribution in [0.15, 0.2) is 18.5 Å². The fourth-order valence-electron chi connectivity index (χ4n) is 3.58. The Balaban J connectivity index is 1.67. The summed E-state index contributed by atoms with van der Waals surface area (Å²) in [6, 6.07) is 3.08. The van der Waals surface area contributed by atoms with Crippen LogP contribution in [0.5, 0.6) is 0 Å². The van der Waals surface area contributed by atoms with Crippen molar-refractivity contribution in [3.8, 4) is 0 Å². The number of hydrogen-bond acceptors (Lipinski definition) is 3. The highest BCUT2D eigenvalue weighted by Crippen LogP contribution is 2.34. The van der Waals surface area contributed by atoms with Crippen LogP contribution in [-0.2, 0) is 0 Å². The monoisotopic (exact) mass is 279 g/mol. The number of nitrogens with zero attached hydrogens (tertiary/aromatic N) is 1. The number of pyridine rings is 1. The van der Waals surface area contributed by atoms with Crippen LogP contribution in [0.2, 0.25) is 5.02 Å². The van der Waals surface area contributed by atoms with Crippen LogP contribution in [0.4, 0.5) is 5.69 Å². The molecular weight excluding hydrogens is 258 g/mol. The lowest BCUT2D eigenvalue weighted by Gasteiger charge is -2.33. The fraction of sp³-hybridized carbons (Fsp3) is 0.667. The first-order valence-electron chi connectivity index (χ1n) is 7.44. The van der Waals surface area contributed by atoms with Crippen LogP contribution in [0, 0.1) is 5.92 Å². The Bertz CT molecular complexity index is 418. The van der Waals surface area contributed by atoms with Crippen LogP contribution in [0.1, 0.15) is 38.5 Å². The maximum atomic E-state index is 6.22. The van der Waals surface area contributed by atoms with Crippen molar-refractivity contribution in [3.63, 3.8) is 0 Å². The van der Waals surface area contributed by atoms with Crippen LogP contribution in [-0.4, -0.2) is 23.6 Å². The molecule has 1 aromatic heterocycles. The number of halogens is 1. The van der Waals surface area contributed by atoms with Gasteiger partial charge in [-0.3, -0.25) is 4.98 Å². The third kappa shape index (κ3) is 3.03. The SMILES string of the molecule is Clc1ccncc1NC1CCCC1C1CCCCN1. The minimum absolute atomic E-state index is 0.539. The first-order valence-corrected chi connectivity index (χ1v) is 7.82. The Morgan fingerprint density at radius 1 is 1.21 bits per heavy atom. The Kier molecular flexibility index (Phi) is 4.24. The zero-order valence-corrected chi connectivity index (χ0v) is 12.0. The molecule has 2 heterocycles. The second kappa shape index (κ2) is 6.10. The summed E-state index contributed by atoms with van der Waals surface area (Å²) in [5.74, 6) is 0.733. The molecule has 1 saturated heterocycles. The van der Waals surface area contributed by atoms with Crippen molar-refractivity contribution in [2.24, 2.45) is 5.92 Å². The summed E-state index contributed by atoms with van der Waals surface area (Å²) < 4.78 is 0. The van der Waals surface area contributed by atoms with Gasteiger partial charge in [-0.2, -0.15) is 0 Å². The summed E-state index contributed by atoms with van der Waals surface area (Å²) >= 11 is 6.22. The van der Waals surface area contributed by atoms with Gasteiger partial charge in [-0.15, -0.1) is 0 Å². The zero-order chi connectivity index (χ0) is 13.1. The van der Waals surface area contributed by atoms with Gasteiger partial charge < -0.3 is 10.6 Å². The lowest BCUT2D eigenvalue weighted by Crippen LogP contribution is -2.44. The molecule has 2 fully saturated rings. The molecule has 1 aromatic rings. The van der Waals surface area contributed by atoms with Gasteiger partial charge in [0.1, 0.15) is 0 Å². The molecule has 0 bridgehead atoms. The van der Waals surface area contributed by atoms with Gasteiger partial charge in [0, 0.05) is 18.3 Å². The van der Waals surface area contributed by atoms with E-state index < -0.39 is 0 Å². The van der Waals surface area contributed by atoms with E-state index in [-0.39, 0.29) is 0 Å². The quantitative estimate of drug-likeness (QED) is 0.890. The number of piperidine rings is 1. The number of anilines is 1. The molecular formula is C15H22ClN3. The predicted octanol–water partition coefficient (Wildman–Crippen LogP) is 3.46. The van der Waals surface area contributed by atoms with Gasteiger partial charge in [0.2, 0.25) is 0 Å². The second-order valence-electron chi connectivity index (χ2n) is 5.76. The summed E-state index contributed by atoms with van der Waals surface area (Å²) in [5, 5.41) is 8.10. The molecule has 3 atom stereocenters. The Morgan fingerprint density at radius 2 is 2.16 bits per heavy atom. The first-order chi connectivity index (χ1) is 9.34. The summed E-state index contributed by atoms with van der Waals surface area (Å²) in [7, 11) is 0. The van der Waals surface area contributed by atoms with Crippen molar-refractivity contribution in [2.75, 3.05) is 11.9 Å². The van der Waals surface area contributed by atoms with Gasteiger partial charge in [0.05, 0.1) is 16.9 Å². The Hall–Kier alpha value is -0.800. The molecule has 0 spiro atoms. The van der Waals surface area contributed by atoms with E-state index in [0.717, 1.165) is 16.6 Å². The van der Waals surface area contributed by atoms with Crippen LogP contribution in [0.3, 0.4) is 0 Å². The summed E-state index contributed by atoms with van der Waals surface area (Å²) in [5.41, 5.74) is 0.983. The van der Waals surface area contributed by atoms with Gasteiger partial charge in [0.25, 0.3) is 0 Å². The molecule has 4 heteroatoms. The molecule has 3 nitrogen and oxygen atoms in total. The molecule has 1 aliphatic heterocycles. The Morgan fingerprint density at radius 3 is 2.95 bits per heavy atom. The number of hydrogen-bond donors (Lipinski definition) is 2.